The fourth-order valence-electron chi connectivity index (χ4n) is 2.10. The van der Waals surface area contributed by atoms with Crippen molar-refractivity contribution in [1.82, 2.24) is 5.48 Å². The van der Waals surface area contributed by atoms with E-state index in [0.717, 1.165) is 15.7 Å². The van der Waals surface area contributed by atoms with Crippen LogP contribution in [-0.4, -0.2) is 39.4 Å². The van der Waals surface area contributed by atoms with Crippen LogP contribution in [0.5, 0.6) is 0 Å². The fourth-order valence-corrected chi connectivity index (χ4v) is 3.01. The molecule has 0 radical (unpaired) electrons. The highest BCUT2D eigenvalue weighted by Gasteiger charge is 2.20. The minimum atomic E-state index is -1.20. The third kappa shape index (κ3) is 6.52. The quantitative estimate of drug-likeness (QED) is 0.275. The maximum Gasteiger partial charge on any atom is 0.277 e. The van der Waals surface area contributed by atoms with Crippen LogP contribution in [0.2, 0.25) is 5.02 Å². The first-order valence-electron chi connectivity index (χ1n) is 8.13. The van der Waals surface area contributed by atoms with E-state index in [1.807, 2.05) is 0 Å². The largest absolute Gasteiger partial charge is 0.382 e. The first-order chi connectivity index (χ1) is 13.4. The molecule has 0 spiro atoms. The Morgan fingerprint density at radius 3 is 2.61 bits per heavy atom. The molecule has 152 valence electrons. The Hall–Kier alpha value is -1.53. The molecule has 0 heterocycles. The number of rotatable bonds is 10. The number of anilines is 2. The van der Waals surface area contributed by atoms with Gasteiger partial charge in [0.2, 0.25) is 0 Å². The van der Waals surface area contributed by atoms with Gasteiger partial charge in [0.05, 0.1) is 48.4 Å². The van der Waals surface area contributed by atoms with Crippen LogP contribution in [0, 0.1) is 15.2 Å². The Balaban J connectivity index is 2.07. The third-order valence-corrected chi connectivity index (χ3v) is 4.44. The molecule has 2 aromatic rings. The molecule has 0 bridgehead atoms. The number of methoxy groups -OCH3 is 1. The van der Waals surface area contributed by atoms with Gasteiger partial charge >= 0.3 is 0 Å². The second-order valence-corrected chi connectivity index (χ2v) is 7.07. The van der Waals surface area contributed by atoms with Crippen molar-refractivity contribution in [2.75, 3.05) is 38.9 Å². The van der Waals surface area contributed by atoms with E-state index in [1.165, 1.54) is 0 Å². The normalized spacial score (nSPS) is 10.8. The zero-order valence-corrected chi connectivity index (χ0v) is 17.8. The summed E-state index contributed by atoms with van der Waals surface area (Å²) in [6, 6.07) is 6.99. The third-order valence-electron chi connectivity index (χ3n) is 3.46. The molecule has 0 saturated carbocycles. The Labute approximate surface area is 179 Å². The van der Waals surface area contributed by atoms with E-state index in [2.05, 4.69) is 33.4 Å². The molecule has 1 amide bonds. The van der Waals surface area contributed by atoms with Crippen molar-refractivity contribution < 1.29 is 27.9 Å². The minimum absolute atomic E-state index is 0.0742. The van der Waals surface area contributed by atoms with Gasteiger partial charge in [-0.05, 0) is 52.9 Å². The number of hydrogen-bond donors (Lipinski definition) is 2. The van der Waals surface area contributed by atoms with Crippen molar-refractivity contribution in [2.24, 2.45) is 0 Å². The van der Waals surface area contributed by atoms with Gasteiger partial charge in [0, 0.05) is 10.7 Å². The smallest absolute Gasteiger partial charge is 0.277 e. The van der Waals surface area contributed by atoms with Crippen LogP contribution in [0.1, 0.15) is 10.4 Å². The summed E-state index contributed by atoms with van der Waals surface area (Å²) in [6.07, 6.45) is 0. The van der Waals surface area contributed by atoms with Gasteiger partial charge in [-0.1, -0.05) is 11.6 Å². The maximum atomic E-state index is 14.3. The number of carbonyl (C=O) groups is 1. The Kier molecular flexibility index (Phi) is 9.32. The number of benzene rings is 2. The van der Waals surface area contributed by atoms with Gasteiger partial charge in [0.25, 0.3) is 5.91 Å². The number of halogens is 4. The predicted molar refractivity (Wildman–Crippen MR) is 110 cm³/mol. The van der Waals surface area contributed by atoms with E-state index in [0.29, 0.717) is 23.9 Å². The zero-order chi connectivity index (χ0) is 20.5. The number of hydroxylamine groups is 1. The molecule has 0 aliphatic carbocycles. The lowest BCUT2D eigenvalue weighted by Gasteiger charge is -2.15. The van der Waals surface area contributed by atoms with Crippen molar-refractivity contribution in [2.45, 2.75) is 0 Å². The second-order valence-electron chi connectivity index (χ2n) is 5.42. The molecule has 0 unspecified atom stereocenters. The van der Waals surface area contributed by atoms with Gasteiger partial charge in [-0.2, -0.15) is 0 Å². The van der Waals surface area contributed by atoms with Crippen molar-refractivity contribution in [1.29, 1.82) is 0 Å². The predicted octanol–water partition coefficient (Wildman–Crippen LogP) is 4.29. The molecule has 2 rings (SSSR count). The lowest BCUT2D eigenvalue weighted by molar-refractivity contribution is -0.00936. The van der Waals surface area contributed by atoms with Crippen molar-refractivity contribution >= 4 is 51.5 Å². The Morgan fingerprint density at radius 1 is 1.14 bits per heavy atom. The second kappa shape index (κ2) is 11.5. The fraction of sp³-hybridized carbons (Fsp3) is 0.278. The molecular formula is C18H18ClF2IN2O4. The van der Waals surface area contributed by atoms with E-state index < -0.39 is 17.5 Å². The van der Waals surface area contributed by atoms with Crippen LogP contribution in [0.3, 0.4) is 0 Å². The molecule has 0 aliphatic rings. The first-order valence-corrected chi connectivity index (χ1v) is 9.58. The molecule has 2 aromatic carbocycles. The molecule has 0 aliphatic heterocycles. The zero-order valence-electron chi connectivity index (χ0n) is 14.9. The highest BCUT2D eigenvalue weighted by Crippen LogP contribution is 2.31. The summed E-state index contributed by atoms with van der Waals surface area (Å²) in [4.78, 5) is 17.3. The molecule has 0 atom stereocenters. The molecule has 6 nitrogen and oxygen atoms in total. The molecule has 0 fully saturated rings. The summed E-state index contributed by atoms with van der Waals surface area (Å²) in [6.45, 7) is 1.13. The van der Waals surface area contributed by atoms with E-state index in [1.54, 1.807) is 25.3 Å². The topological polar surface area (TPSA) is 68.8 Å². The average molecular weight is 527 g/mol. The van der Waals surface area contributed by atoms with Crippen LogP contribution >= 0.6 is 34.2 Å². The molecular weight excluding hydrogens is 509 g/mol. The lowest BCUT2D eigenvalue weighted by Crippen LogP contribution is -2.27. The summed E-state index contributed by atoms with van der Waals surface area (Å²) in [5, 5.41) is 2.98. The van der Waals surface area contributed by atoms with E-state index in [9.17, 15) is 13.6 Å². The number of carbonyl (C=O) groups excluding carboxylic acids is 1. The molecule has 10 heteroatoms. The number of hydrogen-bond acceptors (Lipinski definition) is 5. The van der Waals surface area contributed by atoms with Crippen LogP contribution in [0.4, 0.5) is 20.2 Å². The number of ether oxygens (including phenoxy) is 2. The lowest BCUT2D eigenvalue weighted by atomic mass is 10.1. The summed E-state index contributed by atoms with van der Waals surface area (Å²) in [5.74, 6) is -3.06. The van der Waals surface area contributed by atoms with Crippen molar-refractivity contribution in [3.05, 3.63) is 56.1 Å². The molecule has 28 heavy (non-hydrogen) atoms. The maximum absolute atomic E-state index is 14.3. The van der Waals surface area contributed by atoms with E-state index in [4.69, 9.17) is 25.9 Å². The number of amides is 1. The highest BCUT2D eigenvalue weighted by molar-refractivity contribution is 14.1. The van der Waals surface area contributed by atoms with Crippen LogP contribution in [-0.2, 0) is 14.3 Å². The van der Waals surface area contributed by atoms with E-state index in [-0.39, 0.29) is 24.5 Å². The van der Waals surface area contributed by atoms with Gasteiger partial charge in [0.15, 0.2) is 11.6 Å². The van der Waals surface area contributed by atoms with Crippen molar-refractivity contribution in [3.63, 3.8) is 0 Å². The van der Waals surface area contributed by atoms with E-state index >= 15 is 0 Å². The average Bonchev–Trinajstić information content (AvgIpc) is 2.66. The van der Waals surface area contributed by atoms with Gasteiger partial charge in [0.1, 0.15) is 0 Å². The molecule has 0 saturated heterocycles. The molecule has 0 aromatic heterocycles. The van der Waals surface area contributed by atoms with Gasteiger partial charge in [-0.3, -0.25) is 9.63 Å². The van der Waals surface area contributed by atoms with Gasteiger partial charge in [-0.25, -0.2) is 14.3 Å². The van der Waals surface area contributed by atoms with Gasteiger partial charge in [-0.15, -0.1) is 0 Å². The summed E-state index contributed by atoms with van der Waals surface area (Å²) >= 11 is 8.19. The van der Waals surface area contributed by atoms with Crippen molar-refractivity contribution in [3.8, 4) is 0 Å². The van der Waals surface area contributed by atoms with Crippen LogP contribution in [0.15, 0.2) is 30.3 Å². The Morgan fingerprint density at radius 2 is 1.89 bits per heavy atom. The number of nitrogens with one attached hydrogen (secondary N) is 2. The van der Waals surface area contributed by atoms with Crippen LogP contribution < -0.4 is 10.8 Å². The first kappa shape index (κ1) is 22.8. The SMILES string of the molecule is COCCOCCONC(=O)c1ccc(F)c(F)c1Nc1ccc(I)cc1Cl. The summed E-state index contributed by atoms with van der Waals surface area (Å²) < 4.78 is 38.9. The minimum Gasteiger partial charge on any atom is -0.382 e. The summed E-state index contributed by atoms with van der Waals surface area (Å²) in [5.41, 5.74) is 2.01. The summed E-state index contributed by atoms with van der Waals surface area (Å²) in [7, 11) is 1.55. The Bertz CT molecular complexity index is 826. The molecule has 2 N–H and O–H groups in total. The highest BCUT2D eigenvalue weighted by atomic mass is 127. The van der Waals surface area contributed by atoms with Gasteiger partial charge < -0.3 is 14.8 Å². The standard InChI is InChI=1S/C18H18ClF2IN2O4/c1-26-6-7-27-8-9-28-24-18(25)12-3-4-14(20)16(21)17(12)23-15-5-2-11(22)10-13(15)19/h2-5,10,23H,6-9H2,1H3,(H,24,25). The monoisotopic (exact) mass is 526 g/mol. The van der Waals surface area contributed by atoms with Crippen LogP contribution in [0.25, 0.3) is 0 Å².